The second-order valence-corrected chi connectivity index (χ2v) is 5.04. The molecule has 0 fully saturated rings. The Morgan fingerprint density at radius 3 is 2.67 bits per heavy atom. The van der Waals surface area contributed by atoms with Gasteiger partial charge in [-0.3, -0.25) is 0 Å². The van der Waals surface area contributed by atoms with Crippen LogP contribution in [0.1, 0.15) is 44.6 Å². The summed E-state index contributed by atoms with van der Waals surface area (Å²) in [5.41, 5.74) is 1.09. The van der Waals surface area contributed by atoms with Gasteiger partial charge in [0.05, 0.1) is 0 Å². The largest absolute Gasteiger partial charge is 0.370 e. The van der Waals surface area contributed by atoms with E-state index in [-0.39, 0.29) is 0 Å². The Balaban J connectivity index is 2.57. The van der Waals surface area contributed by atoms with E-state index < -0.39 is 0 Å². The van der Waals surface area contributed by atoms with E-state index in [9.17, 15) is 0 Å². The minimum Gasteiger partial charge on any atom is -0.370 e. The number of aryl methyl sites for hydroxylation is 2. The molecule has 0 radical (unpaired) electrons. The van der Waals surface area contributed by atoms with Crippen LogP contribution in [0.15, 0.2) is 6.07 Å². The molecule has 1 aromatic rings. The Kier molecular flexibility index (Phi) is 7.02. The first-order valence-corrected chi connectivity index (χ1v) is 7.37. The molecule has 0 aromatic carbocycles. The van der Waals surface area contributed by atoms with Gasteiger partial charge in [0, 0.05) is 24.2 Å². The van der Waals surface area contributed by atoms with Gasteiger partial charge in [0.1, 0.15) is 11.6 Å². The summed E-state index contributed by atoms with van der Waals surface area (Å²) in [7, 11) is 0. The molecule has 1 heterocycles. The molecule has 0 saturated heterocycles. The highest BCUT2D eigenvalue weighted by molar-refractivity contribution is 6.17. The van der Waals surface area contributed by atoms with Crippen LogP contribution in [0.2, 0.25) is 0 Å². The molecular weight excluding hydrogens is 246 g/mol. The summed E-state index contributed by atoms with van der Waals surface area (Å²) >= 11 is 5.83. The number of aromatic nitrogens is 2. The van der Waals surface area contributed by atoms with Crippen LogP contribution in [0.3, 0.4) is 0 Å². The van der Waals surface area contributed by atoms with Crippen molar-refractivity contribution in [1.29, 1.82) is 0 Å². The number of nitrogens with zero attached hydrogens (tertiary/aromatic N) is 2. The van der Waals surface area contributed by atoms with Gasteiger partial charge in [-0.25, -0.2) is 9.97 Å². The Labute approximate surface area is 115 Å². The normalized spacial score (nSPS) is 12.4. The van der Waals surface area contributed by atoms with Crippen LogP contribution in [0.5, 0.6) is 0 Å². The fourth-order valence-electron chi connectivity index (χ4n) is 2.06. The average Bonchev–Trinajstić information content (AvgIpc) is 2.36. The number of rotatable bonds is 8. The number of halogens is 1. The van der Waals surface area contributed by atoms with Gasteiger partial charge in [-0.2, -0.15) is 0 Å². The summed E-state index contributed by atoms with van der Waals surface area (Å²) in [5, 5.41) is 3.42. The third-order valence-electron chi connectivity index (χ3n) is 3.04. The van der Waals surface area contributed by atoms with Crippen molar-refractivity contribution < 1.29 is 0 Å². The molecule has 1 unspecified atom stereocenters. The van der Waals surface area contributed by atoms with E-state index in [0.717, 1.165) is 42.6 Å². The topological polar surface area (TPSA) is 37.8 Å². The molecule has 1 rings (SSSR count). The molecule has 0 amide bonds. The lowest BCUT2D eigenvalue weighted by Crippen LogP contribution is -2.16. The number of hydrogen-bond donors (Lipinski definition) is 1. The first kappa shape index (κ1) is 15.2. The van der Waals surface area contributed by atoms with Crippen LogP contribution in [0, 0.1) is 12.8 Å². The Morgan fingerprint density at radius 1 is 1.28 bits per heavy atom. The second kappa shape index (κ2) is 8.30. The minimum atomic E-state index is 0.632. The van der Waals surface area contributed by atoms with Crippen molar-refractivity contribution >= 4 is 17.4 Å². The molecule has 1 N–H and O–H groups in total. The molecule has 1 atom stereocenters. The number of nitrogens with one attached hydrogen (secondary N) is 1. The van der Waals surface area contributed by atoms with Crippen molar-refractivity contribution in [1.82, 2.24) is 9.97 Å². The Morgan fingerprint density at radius 2 is 2.06 bits per heavy atom. The first-order valence-electron chi connectivity index (χ1n) is 6.84. The van der Waals surface area contributed by atoms with E-state index >= 15 is 0 Å². The van der Waals surface area contributed by atoms with Crippen LogP contribution in [0.4, 0.5) is 5.82 Å². The zero-order chi connectivity index (χ0) is 13.4. The molecule has 4 heteroatoms. The fraction of sp³-hybridized carbons (Fsp3) is 0.714. The van der Waals surface area contributed by atoms with Crippen molar-refractivity contribution in [3.8, 4) is 0 Å². The van der Waals surface area contributed by atoms with Gasteiger partial charge in [-0.15, -0.1) is 11.6 Å². The maximum Gasteiger partial charge on any atom is 0.129 e. The summed E-state index contributed by atoms with van der Waals surface area (Å²) in [6, 6.07) is 2.04. The summed E-state index contributed by atoms with van der Waals surface area (Å²) in [6.07, 6.45) is 4.42. The van der Waals surface area contributed by atoms with Gasteiger partial charge >= 0.3 is 0 Å². The standard InChI is InChI=1S/C14H24ClN3/c1-4-6-12(7-8-15)10-16-14-9-13(5-2)17-11(3)18-14/h9,12H,4-8,10H2,1-3H3,(H,16,17,18). The van der Waals surface area contributed by atoms with Gasteiger partial charge < -0.3 is 5.32 Å². The Bertz CT molecular complexity index is 349. The van der Waals surface area contributed by atoms with E-state index in [1.165, 1.54) is 12.8 Å². The molecule has 1 aromatic heterocycles. The lowest BCUT2D eigenvalue weighted by Gasteiger charge is -2.16. The summed E-state index contributed by atoms with van der Waals surface area (Å²) in [4.78, 5) is 8.80. The van der Waals surface area contributed by atoms with Crippen LogP contribution in [-0.2, 0) is 6.42 Å². The van der Waals surface area contributed by atoms with E-state index in [0.29, 0.717) is 5.92 Å². The van der Waals surface area contributed by atoms with Gasteiger partial charge in [-0.1, -0.05) is 20.3 Å². The van der Waals surface area contributed by atoms with E-state index in [2.05, 4.69) is 29.1 Å². The third kappa shape index (κ3) is 5.21. The lowest BCUT2D eigenvalue weighted by atomic mass is 10.0. The summed E-state index contributed by atoms with van der Waals surface area (Å²) in [5.74, 6) is 3.14. The zero-order valence-electron chi connectivity index (χ0n) is 11.7. The van der Waals surface area contributed by atoms with Crippen LogP contribution in [0.25, 0.3) is 0 Å². The molecule has 0 aliphatic rings. The van der Waals surface area contributed by atoms with E-state index in [4.69, 9.17) is 11.6 Å². The quantitative estimate of drug-likeness (QED) is 0.730. The predicted molar refractivity (Wildman–Crippen MR) is 78.4 cm³/mol. The van der Waals surface area contributed by atoms with Crippen molar-refractivity contribution in [2.75, 3.05) is 17.7 Å². The molecule has 0 aliphatic carbocycles. The maximum atomic E-state index is 5.83. The van der Waals surface area contributed by atoms with E-state index in [1.807, 2.05) is 13.0 Å². The van der Waals surface area contributed by atoms with Crippen molar-refractivity contribution in [3.05, 3.63) is 17.6 Å². The Hall–Kier alpha value is -0.830. The second-order valence-electron chi connectivity index (χ2n) is 4.66. The van der Waals surface area contributed by atoms with Crippen LogP contribution < -0.4 is 5.32 Å². The number of alkyl halides is 1. The third-order valence-corrected chi connectivity index (χ3v) is 3.26. The molecule has 0 bridgehead atoms. The van der Waals surface area contributed by atoms with Crippen molar-refractivity contribution in [2.45, 2.75) is 46.5 Å². The minimum absolute atomic E-state index is 0.632. The summed E-state index contributed by atoms with van der Waals surface area (Å²) < 4.78 is 0. The van der Waals surface area contributed by atoms with Gasteiger partial charge in [-0.05, 0) is 32.1 Å². The molecule has 102 valence electrons. The smallest absolute Gasteiger partial charge is 0.129 e. The molecule has 0 saturated carbocycles. The SMILES string of the molecule is CCCC(CCCl)CNc1cc(CC)nc(C)n1. The van der Waals surface area contributed by atoms with Gasteiger partial charge in [0.15, 0.2) is 0 Å². The van der Waals surface area contributed by atoms with Gasteiger partial charge in [0.2, 0.25) is 0 Å². The first-order chi connectivity index (χ1) is 8.69. The molecule has 0 aliphatic heterocycles. The predicted octanol–water partition coefficient (Wildman–Crippen LogP) is 3.80. The highest BCUT2D eigenvalue weighted by Gasteiger charge is 2.08. The van der Waals surface area contributed by atoms with Crippen molar-refractivity contribution in [3.63, 3.8) is 0 Å². The molecular formula is C14H24ClN3. The van der Waals surface area contributed by atoms with E-state index in [1.54, 1.807) is 0 Å². The number of anilines is 1. The fourth-order valence-corrected chi connectivity index (χ4v) is 2.37. The zero-order valence-corrected chi connectivity index (χ0v) is 12.4. The maximum absolute atomic E-state index is 5.83. The highest BCUT2D eigenvalue weighted by Crippen LogP contribution is 2.14. The monoisotopic (exact) mass is 269 g/mol. The summed E-state index contributed by atoms with van der Waals surface area (Å²) in [6.45, 7) is 7.21. The molecule has 18 heavy (non-hydrogen) atoms. The molecule has 0 spiro atoms. The molecule has 3 nitrogen and oxygen atoms in total. The highest BCUT2D eigenvalue weighted by atomic mass is 35.5. The average molecular weight is 270 g/mol. The number of hydrogen-bond acceptors (Lipinski definition) is 3. The van der Waals surface area contributed by atoms with Gasteiger partial charge in [0.25, 0.3) is 0 Å². The lowest BCUT2D eigenvalue weighted by molar-refractivity contribution is 0.489. The van der Waals surface area contributed by atoms with Crippen molar-refractivity contribution in [2.24, 2.45) is 5.92 Å². The van der Waals surface area contributed by atoms with Crippen LogP contribution >= 0.6 is 11.6 Å². The van der Waals surface area contributed by atoms with Crippen LogP contribution in [-0.4, -0.2) is 22.4 Å².